The molecule has 9 nitrogen and oxygen atoms in total. The third-order valence-electron chi connectivity index (χ3n) is 3.54. The van der Waals surface area contributed by atoms with Gasteiger partial charge < -0.3 is 9.15 Å². The molecule has 10 heteroatoms. The topological polar surface area (TPSA) is 115 Å². The Morgan fingerprint density at radius 2 is 1.93 bits per heavy atom. The van der Waals surface area contributed by atoms with Crippen molar-refractivity contribution in [3.63, 3.8) is 0 Å². The van der Waals surface area contributed by atoms with Crippen molar-refractivity contribution < 1.29 is 22.4 Å². The Bertz CT molecular complexity index is 1010. The summed E-state index contributed by atoms with van der Waals surface area (Å²) in [5.74, 6) is -0.331. The van der Waals surface area contributed by atoms with Gasteiger partial charge in [-0.05, 0) is 24.3 Å². The Morgan fingerprint density at radius 1 is 1.15 bits per heavy atom. The Morgan fingerprint density at radius 3 is 2.63 bits per heavy atom. The molecule has 0 N–H and O–H groups in total. The summed E-state index contributed by atoms with van der Waals surface area (Å²) in [7, 11) is -2.55. The fourth-order valence-electron chi connectivity index (χ4n) is 2.14. The maximum absolute atomic E-state index is 12.3. The SMILES string of the molecule is CN(CC(=O)OCc1nnc(-c2ccccc2)o1)S(=O)(=O)c1cccnc1. The highest BCUT2D eigenvalue weighted by atomic mass is 32.2. The van der Waals surface area contributed by atoms with E-state index >= 15 is 0 Å². The first-order valence-electron chi connectivity index (χ1n) is 7.86. The van der Waals surface area contributed by atoms with Crippen LogP contribution < -0.4 is 0 Å². The van der Waals surface area contributed by atoms with Gasteiger partial charge in [0.25, 0.3) is 5.89 Å². The molecule has 0 spiro atoms. The first-order valence-corrected chi connectivity index (χ1v) is 9.30. The minimum absolute atomic E-state index is 0.00953. The van der Waals surface area contributed by atoms with Crippen LogP contribution in [0, 0.1) is 0 Å². The zero-order chi connectivity index (χ0) is 19.3. The lowest BCUT2D eigenvalue weighted by molar-refractivity contribution is -0.145. The first kappa shape index (κ1) is 18.7. The summed E-state index contributed by atoms with van der Waals surface area (Å²) in [5.41, 5.74) is 0.741. The van der Waals surface area contributed by atoms with E-state index in [1.54, 1.807) is 0 Å². The molecule has 0 aliphatic carbocycles. The van der Waals surface area contributed by atoms with Crippen LogP contribution in [0.1, 0.15) is 5.89 Å². The summed E-state index contributed by atoms with van der Waals surface area (Å²) >= 11 is 0. The van der Waals surface area contributed by atoms with Crippen molar-refractivity contribution >= 4 is 16.0 Å². The predicted molar refractivity (Wildman–Crippen MR) is 93.6 cm³/mol. The van der Waals surface area contributed by atoms with Crippen LogP contribution in [0.5, 0.6) is 0 Å². The van der Waals surface area contributed by atoms with Gasteiger partial charge in [0.2, 0.25) is 15.9 Å². The summed E-state index contributed by atoms with van der Waals surface area (Å²) in [6.07, 6.45) is 2.67. The minimum atomic E-state index is -3.83. The Balaban J connectivity index is 1.56. The second-order valence-electron chi connectivity index (χ2n) is 5.48. The zero-order valence-electron chi connectivity index (χ0n) is 14.3. The molecule has 0 saturated carbocycles. The van der Waals surface area contributed by atoms with Crippen LogP contribution >= 0.6 is 0 Å². The Labute approximate surface area is 155 Å². The molecule has 0 amide bonds. The van der Waals surface area contributed by atoms with Crippen LogP contribution in [0.15, 0.2) is 64.2 Å². The van der Waals surface area contributed by atoms with Gasteiger partial charge >= 0.3 is 5.97 Å². The van der Waals surface area contributed by atoms with E-state index in [9.17, 15) is 13.2 Å². The van der Waals surface area contributed by atoms with E-state index in [-0.39, 0.29) is 17.4 Å². The fraction of sp³-hybridized carbons (Fsp3) is 0.176. The van der Waals surface area contributed by atoms with Gasteiger partial charge in [-0.2, -0.15) is 4.31 Å². The average Bonchev–Trinajstić information content (AvgIpc) is 3.17. The third-order valence-corrected chi connectivity index (χ3v) is 5.33. The smallest absolute Gasteiger partial charge is 0.321 e. The molecule has 0 atom stereocenters. The molecule has 0 saturated heterocycles. The van der Waals surface area contributed by atoms with Crippen molar-refractivity contribution in [2.24, 2.45) is 0 Å². The van der Waals surface area contributed by atoms with Crippen molar-refractivity contribution in [2.75, 3.05) is 13.6 Å². The molecule has 0 aliphatic heterocycles. The minimum Gasteiger partial charge on any atom is -0.455 e. The van der Waals surface area contributed by atoms with Gasteiger partial charge in [-0.1, -0.05) is 18.2 Å². The number of ether oxygens (including phenoxy) is 1. The number of pyridine rings is 1. The Hall–Kier alpha value is -3.11. The van der Waals surface area contributed by atoms with Crippen molar-refractivity contribution in [1.82, 2.24) is 19.5 Å². The molecule has 2 aromatic heterocycles. The fourth-order valence-corrected chi connectivity index (χ4v) is 3.22. The van der Waals surface area contributed by atoms with Crippen LogP contribution in [-0.4, -0.2) is 47.5 Å². The molecule has 27 heavy (non-hydrogen) atoms. The van der Waals surface area contributed by atoms with E-state index in [1.165, 1.54) is 31.6 Å². The van der Waals surface area contributed by atoms with Crippen LogP contribution in [0.25, 0.3) is 11.5 Å². The van der Waals surface area contributed by atoms with Crippen molar-refractivity contribution in [2.45, 2.75) is 11.5 Å². The summed E-state index contributed by atoms with van der Waals surface area (Å²) in [5, 5.41) is 7.69. The number of aromatic nitrogens is 3. The first-order chi connectivity index (χ1) is 13.0. The number of sulfonamides is 1. The van der Waals surface area contributed by atoms with Gasteiger partial charge in [0, 0.05) is 25.0 Å². The number of nitrogens with zero attached hydrogens (tertiary/aromatic N) is 4. The van der Waals surface area contributed by atoms with Gasteiger partial charge in [-0.25, -0.2) is 8.42 Å². The summed E-state index contributed by atoms with van der Waals surface area (Å²) in [4.78, 5) is 15.7. The predicted octanol–water partition coefficient (Wildman–Crippen LogP) is 1.50. The van der Waals surface area contributed by atoms with Gasteiger partial charge in [0.1, 0.15) is 11.4 Å². The molecule has 0 unspecified atom stereocenters. The second kappa shape index (κ2) is 8.06. The van der Waals surface area contributed by atoms with Crippen LogP contribution in [0.2, 0.25) is 0 Å². The highest BCUT2D eigenvalue weighted by molar-refractivity contribution is 7.89. The number of carbonyl (C=O) groups excluding carboxylic acids is 1. The zero-order valence-corrected chi connectivity index (χ0v) is 15.2. The van der Waals surface area contributed by atoms with Gasteiger partial charge in [-0.3, -0.25) is 9.78 Å². The molecule has 140 valence electrons. The number of likely N-dealkylation sites (N-methyl/N-ethyl adjacent to an activating group) is 1. The average molecular weight is 388 g/mol. The lowest BCUT2D eigenvalue weighted by Crippen LogP contribution is -2.33. The number of esters is 1. The number of hydrogen-bond acceptors (Lipinski definition) is 8. The molecule has 0 radical (unpaired) electrons. The lowest BCUT2D eigenvalue weighted by atomic mass is 10.2. The number of hydrogen-bond donors (Lipinski definition) is 0. The number of rotatable bonds is 7. The lowest BCUT2D eigenvalue weighted by Gasteiger charge is -2.15. The molecule has 0 bridgehead atoms. The highest BCUT2D eigenvalue weighted by Gasteiger charge is 2.24. The summed E-state index contributed by atoms with van der Waals surface area (Å²) < 4.78 is 36.0. The third kappa shape index (κ3) is 4.54. The molecule has 3 rings (SSSR count). The van der Waals surface area contributed by atoms with E-state index in [1.807, 2.05) is 30.3 Å². The number of carbonyl (C=O) groups is 1. The van der Waals surface area contributed by atoms with Crippen molar-refractivity contribution in [1.29, 1.82) is 0 Å². The molecule has 0 fully saturated rings. The van der Waals surface area contributed by atoms with Gasteiger partial charge in [-0.15, -0.1) is 10.2 Å². The maximum Gasteiger partial charge on any atom is 0.321 e. The van der Waals surface area contributed by atoms with E-state index < -0.39 is 22.5 Å². The Kier molecular flexibility index (Phi) is 5.57. The largest absolute Gasteiger partial charge is 0.455 e. The van der Waals surface area contributed by atoms with Gasteiger partial charge in [0.15, 0.2) is 6.61 Å². The summed E-state index contributed by atoms with van der Waals surface area (Å²) in [6, 6.07) is 12.0. The van der Waals surface area contributed by atoms with Crippen LogP contribution in [0.3, 0.4) is 0 Å². The molecule has 2 heterocycles. The summed E-state index contributed by atoms with van der Waals surface area (Å²) in [6.45, 7) is -0.712. The molecule has 1 aromatic carbocycles. The second-order valence-corrected chi connectivity index (χ2v) is 7.52. The number of benzene rings is 1. The quantitative estimate of drug-likeness (QED) is 0.559. The van der Waals surface area contributed by atoms with Crippen molar-refractivity contribution in [3.05, 3.63) is 60.7 Å². The van der Waals surface area contributed by atoms with E-state index in [2.05, 4.69) is 15.2 Å². The van der Waals surface area contributed by atoms with E-state index in [4.69, 9.17) is 9.15 Å². The normalized spacial score (nSPS) is 11.5. The van der Waals surface area contributed by atoms with Crippen molar-refractivity contribution in [3.8, 4) is 11.5 Å². The molecule has 3 aromatic rings. The van der Waals surface area contributed by atoms with Crippen LogP contribution in [-0.2, 0) is 26.2 Å². The molecular formula is C17H16N4O5S. The highest BCUT2D eigenvalue weighted by Crippen LogP contribution is 2.17. The van der Waals surface area contributed by atoms with Gasteiger partial charge in [0.05, 0.1) is 0 Å². The molecule has 0 aliphatic rings. The maximum atomic E-state index is 12.3. The monoisotopic (exact) mass is 388 g/mol. The standard InChI is InChI=1S/C17H16N4O5S/c1-21(27(23,24)14-8-5-9-18-10-14)11-16(22)25-12-15-19-20-17(26-15)13-6-3-2-4-7-13/h2-10H,11-12H2,1H3. The van der Waals surface area contributed by atoms with Crippen LogP contribution in [0.4, 0.5) is 0 Å². The van der Waals surface area contributed by atoms with E-state index in [0.29, 0.717) is 5.89 Å². The van der Waals surface area contributed by atoms with E-state index in [0.717, 1.165) is 9.87 Å². The molecular weight excluding hydrogens is 372 g/mol.